The minimum Gasteiger partial charge on any atom is -0.480 e. The second-order valence-electron chi connectivity index (χ2n) is 9.45. The molecule has 1 aromatic carbocycles. The van der Waals surface area contributed by atoms with Gasteiger partial charge in [0.1, 0.15) is 17.5 Å². The molecule has 3 N–H and O–H groups in total. The van der Waals surface area contributed by atoms with E-state index in [-0.39, 0.29) is 19.6 Å². The van der Waals surface area contributed by atoms with E-state index in [1.807, 2.05) is 30.3 Å². The number of imidazole rings is 1. The van der Waals surface area contributed by atoms with Crippen LogP contribution in [0.15, 0.2) is 48.4 Å². The van der Waals surface area contributed by atoms with Crippen molar-refractivity contribution in [2.24, 2.45) is 0 Å². The number of alkyl carbamates (subject to hydrolysis) is 1. The van der Waals surface area contributed by atoms with E-state index < -0.39 is 35.4 Å². The van der Waals surface area contributed by atoms with Crippen LogP contribution in [0.25, 0.3) is 22.2 Å². The molecule has 0 saturated heterocycles. The van der Waals surface area contributed by atoms with Crippen molar-refractivity contribution in [2.75, 3.05) is 20.3 Å². The number of amides is 1. The third kappa shape index (κ3) is 8.54. The van der Waals surface area contributed by atoms with Crippen LogP contribution in [0.5, 0.6) is 5.88 Å². The van der Waals surface area contributed by atoms with Crippen molar-refractivity contribution in [3.8, 4) is 17.1 Å². The number of nitrogens with zero attached hydrogens (tertiary/aromatic N) is 2. The number of hydrogen-bond acceptors (Lipinski definition) is 9. The summed E-state index contributed by atoms with van der Waals surface area (Å²) in [6.45, 7) is 6.43. The van der Waals surface area contributed by atoms with Crippen LogP contribution in [-0.2, 0) is 23.8 Å². The number of benzene rings is 1. The van der Waals surface area contributed by atoms with Gasteiger partial charge in [-0.1, -0.05) is 18.2 Å². The number of carbonyl (C=O) groups is 3. The van der Waals surface area contributed by atoms with Crippen molar-refractivity contribution in [1.29, 1.82) is 0 Å². The third-order valence-electron chi connectivity index (χ3n) is 5.13. The second kappa shape index (κ2) is 12.9. The number of H-pyrrole nitrogens is 1. The molecular formula is C27H32N4O8. The van der Waals surface area contributed by atoms with Crippen LogP contribution in [0.4, 0.5) is 4.79 Å². The van der Waals surface area contributed by atoms with Gasteiger partial charge in [-0.2, -0.15) is 0 Å². The van der Waals surface area contributed by atoms with Gasteiger partial charge in [0.25, 0.3) is 0 Å². The molecule has 0 radical (unpaired) electrons. The summed E-state index contributed by atoms with van der Waals surface area (Å²) in [5.41, 5.74) is 1.36. The number of carboxylic acids is 1. The van der Waals surface area contributed by atoms with E-state index in [0.29, 0.717) is 23.0 Å². The normalized spacial score (nSPS) is 12.6. The summed E-state index contributed by atoms with van der Waals surface area (Å²) < 4.78 is 21.2. The van der Waals surface area contributed by atoms with Crippen molar-refractivity contribution < 1.29 is 38.4 Å². The Balaban J connectivity index is 1.79. The number of aliphatic carboxylic acids is 1. The molecule has 12 heteroatoms. The van der Waals surface area contributed by atoms with Gasteiger partial charge in [0, 0.05) is 12.3 Å². The Morgan fingerprint density at radius 3 is 2.62 bits per heavy atom. The average molecular weight is 541 g/mol. The van der Waals surface area contributed by atoms with Crippen molar-refractivity contribution >= 4 is 28.9 Å². The number of para-hydroxylation sites is 1. The molecule has 0 spiro atoms. The zero-order valence-electron chi connectivity index (χ0n) is 22.4. The highest BCUT2D eigenvalue weighted by atomic mass is 16.6. The lowest BCUT2D eigenvalue weighted by atomic mass is 10.1. The third-order valence-corrected chi connectivity index (χ3v) is 5.13. The topological polar surface area (TPSA) is 162 Å². The average Bonchev–Trinajstić information content (AvgIpc) is 3.35. The first-order chi connectivity index (χ1) is 18.5. The lowest BCUT2D eigenvalue weighted by Crippen LogP contribution is -2.37. The smallest absolute Gasteiger partial charge is 0.408 e. The number of esters is 1. The molecule has 12 nitrogen and oxygen atoms in total. The van der Waals surface area contributed by atoms with Gasteiger partial charge in [-0.3, -0.25) is 4.79 Å². The number of pyridine rings is 1. The van der Waals surface area contributed by atoms with E-state index >= 15 is 0 Å². The molecule has 2 aromatic heterocycles. The summed E-state index contributed by atoms with van der Waals surface area (Å²) in [6, 6.07) is 8.83. The standard InChI is InChI=1S/C27H32N4O8/c1-16(32)38-22(25(33)34)11-8-12-37-15-21(31-26(35)39-27(2,3)4)23-28-14-20(29-23)18-13-17-9-6-7-10-19(17)30-24(18)36-5/h6-7,9-11,13-14,21H,8,12,15H2,1-5H3,(H,28,29)(H,31,35)(H,33,34). The molecule has 1 atom stereocenters. The predicted octanol–water partition coefficient (Wildman–Crippen LogP) is 4.14. The quantitative estimate of drug-likeness (QED) is 0.139. The van der Waals surface area contributed by atoms with Crippen molar-refractivity contribution in [3.05, 3.63) is 54.2 Å². The number of carbonyl (C=O) groups excluding carboxylic acids is 2. The van der Waals surface area contributed by atoms with Crippen molar-refractivity contribution in [2.45, 2.75) is 45.8 Å². The summed E-state index contributed by atoms with van der Waals surface area (Å²) >= 11 is 0. The van der Waals surface area contributed by atoms with Gasteiger partial charge in [-0.15, -0.1) is 0 Å². The first kappa shape index (κ1) is 29.1. The molecular weight excluding hydrogens is 508 g/mol. The van der Waals surface area contributed by atoms with E-state index in [2.05, 4.69) is 25.0 Å². The molecule has 1 unspecified atom stereocenters. The highest BCUT2D eigenvalue weighted by molar-refractivity contribution is 5.87. The summed E-state index contributed by atoms with van der Waals surface area (Å²) in [4.78, 5) is 47.0. The van der Waals surface area contributed by atoms with Gasteiger partial charge in [-0.05, 0) is 45.4 Å². The number of hydrogen-bond donors (Lipinski definition) is 3. The summed E-state index contributed by atoms with van der Waals surface area (Å²) in [5, 5.41) is 12.8. The Bertz CT molecular complexity index is 1360. The molecule has 0 aliphatic carbocycles. The minimum absolute atomic E-state index is 0.0108. The summed E-state index contributed by atoms with van der Waals surface area (Å²) in [6.07, 6.45) is 2.33. The first-order valence-corrected chi connectivity index (χ1v) is 12.1. The zero-order chi connectivity index (χ0) is 28.6. The Hall–Kier alpha value is -4.45. The lowest BCUT2D eigenvalue weighted by Gasteiger charge is -2.23. The van der Waals surface area contributed by atoms with Gasteiger partial charge in [0.05, 0.1) is 43.3 Å². The number of aromatic amines is 1. The Morgan fingerprint density at radius 1 is 1.21 bits per heavy atom. The van der Waals surface area contributed by atoms with Crippen LogP contribution in [0.1, 0.15) is 46.0 Å². The van der Waals surface area contributed by atoms with Gasteiger partial charge < -0.3 is 34.4 Å². The summed E-state index contributed by atoms with van der Waals surface area (Å²) in [7, 11) is 1.53. The Kier molecular flexibility index (Phi) is 9.61. The molecule has 0 aliphatic heterocycles. The zero-order valence-corrected chi connectivity index (χ0v) is 22.4. The van der Waals surface area contributed by atoms with Crippen LogP contribution in [0.2, 0.25) is 0 Å². The maximum absolute atomic E-state index is 12.5. The lowest BCUT2D eigenvalue weighted by molar-refractivity contribution is -0.146. The van der Waals surface area contributed by atoms with Crippen molar-refractivity contribution in [3.63, 3.8) is 0 Å². The molecule has 3 rings (SSSR count). The molecule has 0 aliphatic rings. The highest BCUT2D eigenvalue weighted by Crippen LogP contribution is 2.31. The number of ether oxygens (including phenoxy) is 4. The van der Waals surface area contributed by atoms with Crippen molar-refractivity contribution in [1.82, 2.24) is 20.3 Å². The first-order valence-electron chi connectivity index (χ1n) is 12.1. The molecule has 208 valence electrons. The molecule has 0 saturated carbocycles. The molecule has 0 bridgehead atoms. The van der Waals surface area contributed by atoms with Gasteiger partial charge in [-0.25, -0.2) is 19.6 Å². The van der Waals surface area contributed by atoms with E-state index in [0.717, 1.165) is 17.8 Å². The SMILES string of the molecule is COc1nc2ccccc2cc1-c1cnc(C(COCCC=C(OC(C)=O)C(=O)O)NC(=O)OC(C)(C)C)[nH]1. The van der Waals surface area contributed by atoms with E-state index in [1.165, 1.54) is 13.2 Å². The van der Waals surface area contributed by atoms with Crippen LogP contribution in [0.3, 0.4) is 0 Å². The number of methoxy groups -OCH3 is 1. The molecule has 39 heavy (non-hydrogen) atoms. The molecule has 0 fully saturated rings. The molecule has 1 amide bonds. The van der Waals surface area contributed by atoms with Gasteiger partial charge >= 0.3 is 18.0 Å². The van der Waals surface area contributed by atoms with E-state index in [9.17, 15) is 14.4 Å². The number of nitrogens with one attached hydrogen (secondary N) is 2. The predicted molar refractivity (Wildman–Crippen MR) is 141 cm³/mol. The fraction of sp³-hybridized carbons (Fsp3) is 0.370. The van der Waals surface area contributed by atoms with Gasteiger partial charge in [0.2, 0.25) is 11.6 Å². The Labute approximate surface area is 225 Å². The van der Waals surface area contributed by atoms with Crippen LogP contribution < -0.4 is 10.1 Å². The Morgan fingerprint density at radius 2 is 1.95 bits per heavy atom. The van der Waals surface area contributed by atoms with E-state index in [1.54, 1.807) is 27.0 Å². The minimum atomic E-state index is -1.36. The number of carboxylic acid groups (broad SMARTS) is 1. The van der Waals surface area contributed by atoms with Crippen LogP contribution in [0, 0.1) is 0 Å². The number of rotatable bonds is 11. The largest absolute Gasteiger partial charge is 0.480 e. The molecule has 3 aromatic rings. The van der Waals surface area contributed by atoms with Crippen LogP contribution in [-0.4, -0.2) is 64.0 Å². The number of fused-ring (bicyclic) bond motifs is 1. The monoisotopic (exact) mass is 540 g/mol. The fourth-order valence-corrected chi connectivity index (χ4v) is 3.54. The maximum Gasteiger partial charge on any atom is 0.408 e. The summed E-state index contributed by atoms with van der Waals surface area (Å²) in [5.74, 6) is -1.78. The molecule has 2 heterocycles. The number of aromatic nitrogens is 3. The van der Waals surface area contributed by atoms with Crippen LogP contribution >= 0.6 is 0 Å². The van der Waals surface area contributed by atoms with E-state index in [4.69, 9.17) is 19.3 Å². The maximum atomic E-state index is 12.5. The highest BCUT2D eigenvalue weighted by Gasteiger charge is 2.24. The fourth-order valence-electron chi connectivity index (χ4n) is 3.54. The second-order valence-corrected chi connectivity index (χ2v) is 9.45. The van der Waals surface area contributed by atoms with Gasteiger partial charge in [0.15, 0.2) is 0 Å².